The van der Waals surface area contributed by atoms with E-state index in [1.807, 2.05) is 84.1 Å². The van der Waals surface area contributed by atoms with Gasteiger partial charge in [-0.05, 0) is 85.2 Å². The highest BCUT2D eigenvalue weighted by molar-refractivity contribution is 5.91. The average Bonchev–Trinajstić information content (AvgIpc) is 3.81. The number of aliphatic hydroxyl groups is 1. The van der Waals surface area contributed by atoms with Crippen LogP contribution >= 0.6 is 0 Å². The van der Waals surface area contributed by atoms with E-state index in [0.717, 1.165) is 5.71 Å². The van der Waals surface area contributed by atoms with Crippen LogP contribution in [0.15, 0.2) is 46.8 Å². The molecule has 0 radical (unpaired) electrons. The highest BCUT2D eigenvalue weighted by Gasteiger charge is 2.60. The first-order chi connectivity index (χ1) is 29.0. The van der Waals surface area contributed by atoms with Crippen LogP contribution in [-0.4, -0.2) is 154 Å². The fourth-order valence-electron chi connectivity index (χ4n) is 10.5. The van der Waals surface area contributed by atoms with Crippen LogP contribution in [0.4, 0.5) is 4.79 Å². The molecule has 17 nitrogen and oxygen atoms in total. The Labute approximate surface area is 359 Å². The molecule has 1 N–H and O–H groups in total. The van der Waals surface area contributed by atoms with Crippen LogP contribution in [0, 0.1) is 23.7 Å². The second-order valence-corrected chi connectivity index (χ2v) is 18.2. The Balaban J connectivity index is 1.29. The summed E-state index contributed by atoms with van der Waals surface area (Å²) in [5, 5.41) is 20.6. The molecule has 2 aromatic rings. The van der Waals surface area contributed by atoms with Crippen LogP contribution in [0.3, 0.4) is 0 Å². The lowest BCUT2D eigenvalue weighted by atomic mass is 9.72. The number of cyclic esters (lactones) is 1. The van der Waals surface area contributed by atoms with Crippen molar-refractivity contribution in [3.8, 4) is 5.82 Å². The lowest BCUT2D eigenvalue weighted by Gasteiger charge is -2.48. The number of rotatable bonds is 8. The number of carbonyl (C=O) groups excluding carboxylic acids is 2. The zero-order valence-electron chi connectivity index (χ0n) is 37.3. The van der Waals surface area contributed by atoms with E-state index >= 15 is 0 Å². The molecular weight excluding hydrogens is 787 g/mol. The number of ether oxygens (including phenoxy) is 6. The van der Waals surface area contributed by atoms with E-state index in [-0.39, 0.29) is 43.8 Å². The Morgan fingerprint density at radius 2 is 1.85 bits per heavy atom. The Hall–Kier alpha value is -4.00. The molecule has 4 fully saturated rings. The number of pyridine rings is 1. The third-order valence-corrected chi connectivity index (χ3v) is 13.5. The molecule has 0 unspecified atom stereocenters. The minimum atomic E-state index is -1.14. The van der Waals surface area contributed by atoms with Crippen LogP contribution in [0.1, 0.15) is 80.3 Å². The number of esters is 1. The Kier molecular flexibility index (Phi) is 13.6. The summed E-state index contributed by atoms with van der Waals surface area (Å²) in [6.07, 6.45) is -0.0282. The number of aliphatic imine (C=N–C) groups is 1. The largest absolute Gasteiger partial charge is 0.458 e. The first-order valence-corrected chi connectivity index (χ1v) is 21.8. The van der Waals surface area contributed by atoms with Crippen molar-refractivity contribution < 1.29 is 48.0 Å². The van der Waals surface area contributed by atoms with Gasteiger partial charge < -0.3 is 43.3 Å². The Morgan fingerprint density at radius 3 is 2.57 bits per heavy atom. The van der Waals surface area contributed by atoms with Crippen molar-refractivity contribution in [2.45, 2.75) is 141 Å². The van der Waals surface area contributed by atoms with Crippen molar-refractivity contribution in [3.05, 3.63) is 42.4 Å². The predicted molar refractivity (Wildman–Crippen MR) is 224 cm³/mol. The number of hydrogen-bond acceptors (Lipinski definition) is 15. The maximum Gasteiger partial charge on any atom is 0.410 e. The summed E-state index contributed by atoms with van der Waals surface area (Å²) in [7, 11) is 3.87. The van der Waals surface area contributed by atoms with Gasteiger partial charge in [-0.3, -0.25) is 14.7 Å². The molecule has 2 aromatic heterocycles. The Bertz CT molecular complexity index is 1910. The number of aliphatic hydroxyl groups excluding tert-OH is 1. The first-order valence-electron chi connectivity index (χ1n) is 21.8. The van der Waals surface area contributed by atoms with Gasteiger partial charge in [-0.15, -0.1) is 0 Å². The second-order valence-electron chi connectivity index (χ2n) is 18.2. The lowest BCUT2D eigenvalue weighted by Crippen LogP contribution is -2.60. The molecule has 336 valence electrons. The van der Waals surface area contributed by atoms with E-state index in [0.29, 0.717) is 49.6 Å². The molecule has 17 heteroatoms. The minimum absolute atomic E-state index is 0.00363. The maximum atomic E-state index is 14.6. The van der Waals surface area contributed by atoms with Crippen molar-refractivity contribution in [2.24, 2.45) is 33.8 Å². The topological polar surface area (TPSA) is 181 Å². The van der Waals surface area contributed by atoms with E-state index in [4.69, 9.17) is 38.3 Å². The second kappa shape index (κ2) is 18.4. The Morgan fingerprint density at radius 1 is 1.07 bits per heavy atom. The number of carbonyl (C=O) groups is 2. The molecule has 5 aliphatic rings. The molecule has 7 heterocycles. The molecule has 5 aliphatic heterocycles. The van der Waals surface area contributed by atoms with E-state index in [1.54, 1.807) is 22.7 Å². The zero-order valence-corrected chi connectivity index (χ0v) is 37.3. The number of oxime groups is 1. The fourth-order valence-corrected chi connectivity index (χ4v) is 10.5. The van der Waals surface area contributed by atoms with Crippen molar-refractivity contribution >= 4 is 23.5 Å². The number of aromatic nitrogens is 3. The molecular formula is C44H65N7O10. The zero-order chi connectivity index (χ0) is 43.8. The number of fused-ring (bicyclic) bond motifs is 4. The maximum absolute atomic E-state index is 14.6. The van der Waals surface area contributed by atoms with Crippen LogP contribution in [0.25, 0.3) is 5.82 Å². The molecule has 7 rings (SSSR count). The molecule has 14 atom stereocenters. The number of likely N-dealkylation sites (N-methyl/N-ethyl adjacent to an activating group) is 1. The minimum Gasteiger partial charge on any atom is -0.458 e. The van der Waals surface area contributed by atoms with Gasteiger partial charge in [0.25, 0.3) is 0 Å². The molecule has 1 amide bonds. The summed E-state index contributed by atoms with van der Waals surface area (Å²) in [6.45, 7) is 16.6. The van der Waals surface area contributed by atoms with Gasteiger partial charge in [0.2, 0.25) is 0 Å². The predicted octanol–water partition coefficient (Wildman–Crippen LogP) is 4.43. The monoisotopic (exact) mass is 851 g/mol. The van der Waals surface area contributed by atoms with Crippen LogP contribution in [0.5, 0.6) is 0 Å². The molecule has 4 bridgehead atoms. The van der Waals surface area contributed by atoms with Gasteiger partial charge in [-0.1, -0.05) is 38.9 Å². The molecule has 0 saturated carbocycles. The third-order valence-electron chi connectivity index (χ3n) is 13.5. The molecule has 61 heavy (non-hydrogen) atoms. The van der Waals surface area contributed by atoms with Gasteiger partial charge in [0.05, 0.1) is 61.3 Å². The normalized spacial score (nSPS) is 39.4. The number of nitrogens with zero attached hydrogens (tertiary/aromatic N) is 7. The summed E-state index contributed by atoms with van der Waals surface area (Å²) >= 11 is 0. The van der Waals surface area contributed by atoms with Crippen molar-refractivity contribution in [2.75, 3.05) is 40.4 Å². The number of amides is 1. The van der Waals surface area contributed by atoms with Crippen LogP contribution in [0.2, 0.25) is 0 Å². The summed E-state index contributed by atoms with van der Waals surface area (Å²) in [5.41, 5.74) is -0.247. The summed E-state index contributed by atoms with van der Waals surface area (Å²) in [4.78, 5) is 47.6. The summed E-state index contributed by atoms with van der Waals surface area (Å²) in [5.74, 6) is -1.66. The average molecular weight is 852 g/mol. The van der Waals surface area contributed by atoms with Gasteiger partial charge in [0.15, 0.2) is 24.3 Å². The van der Waals surface area contributed by atoms with Crippen LogP contribution in [-0.2, 0) is 44.7 Å². The quantitative estimate of drug-likeness (QED) is 0.292. The third kappa shape index (κ3) is 9.09. The van der Waals surface area contributed by atoms with Gasteiger partial charge in [0, 0.05) is 42.5 Å². The van der Waals surface area contributed by atoms with E-state index in [9.17, 15) is 14.7 Å². The number of hydrogen-bond donors (Lipinski definition) is 1. The van der Waals surface area contributed by atoms with E-state index in [2.05, 4.69) is 29.1 Å². The first kappa shape index (κ1) is 45.0. The highest BCUT2D eigenvalue weighted by Crippen LogP contribution is 2.45. The highest BCUT2D eigenvalue weighted by atomic mass is 16.7. The van der Waals surface area contributed by atoms with Crippen molar-refractivity contribution in [1.29, 1.82) is 0 Å². The van der Waals surface area contributed by atoms with Crippen molar-refractivity contribution in [1.82, 2.24) is 24.6 Å². The summed E-state index contributed by atoms with van der Waals surface area (Å²) < 4.78 is 41.6. The fraction of sp³-hybridized carbons (Fsp3) is 0.727. The SMILES string of the molecule is CC[C@@H]1OC(=O)[C@H](C)[C@H]2OCC(=NOCc3cccc(-n4cccn4)n3)CO[C@](C)(C[C@@H](C)C3=NCCN4C(=O)O[C@@]1(C)[C@H]4[C@H]3C)[C@@H](O[C@H]1O[C@@H](C)C[C@@H](N(C)C)[C@@H]1O)[C@@H]2C. The summed E-state index contributed by atoms with van der Waals surface area (Å²) in [6, 6.07) is 6.74. The molecule has 0 spiro atoms. The molecule has 4 saturated heterocycles. The smallest absolute Gasteiger partial charge is 0.410 e. The van der Waals surface area contributed by atoms with Crippen LogP contribution < -0.4 is 0 Å². The van der Waals surface area contributed by atoms with E-state index in [1.165, 1.54) is 0 Å². The lowest BCUT2D eigenvalue weighted by molar-refractivity contribution is -0.302. The van der Waals surface area contributed by atoms with Gasteiger partial charge in [-0.25, -0.2) is 14.5 Å². The van der Waals surface area contributed by atoms with Crippen molar-refractivity contribution in [3.63, 3.8) is 0 Å². The van der Waals surface area contributed by atoms with Gasteiger partial charge in [0.1, 0.15) is 17.9 Å². The van der Waals surface area contributed by atoms with Gasteiger partial charge >= 0.3 is 12.1 Å². The van der Waals surface area contributed by atoms with Gasteiger partial charge in [-0.2, -0.15) is 5.10 Å². The van der Waals surface area contributed by atoms with E-state index < -0.39 is 71.8 Å². The standard InChI is InChI=1S/C44H65N7O10/c1-11-33-44(8)38-27(4)35(45-17-19-50(38)42(54)61-44)25(2)21-43(7)39(60-41-36(52)32(49(9)10)20-26(3)58-41)28(5)37(29(6)40(53)59-33)55-22-31(23-56-43)48-57-24-30-14-12-15-34(47-30)51-18-13-16-46-51/h12-16,18,25-29,32-33,36-39,41,52H,11,17,19-24H2,1-10H3/t25-,26+,27+,28-,29-,32-,33+,36+,37+,38-,39+,41-,43-,44-/m1/s1. The molecule has 0 aliphatic carbocycles. The molecule has 0 aromatic carbocycles.